The normalized spacial score (nSPS) is 20.0. The van der Waals surface area contributed by atoms with Crippen molar-refractivity contribution in [1.29, 1.82) is 0 Å². The number of nitrogens with one attached hydrogen (secondary N) is 1. The Morgan fingerprint density at radius 2 is 2.00 bits per heavy atom. The lowest BCUT2D eigenvalue weighted by Gasteiger charge is -2.37. The molecule has 2 aliphatic heterocycles. The van der Waals surface area contributed by atoms with Crippen molar-refractivity contribution in [2.24, 2.45) is 7.05 Å². The molecule has 8 nitrogen and oxygen atoms in total. The van der Waals surface area contributed by atoms with Crippen molar-refractivity contribution in [2.45, 2.75) is 25.6 Å². The Labute approximate surface area is 139 Å². The largest absolute Gasteiger partial charge is 0.347 e. The molecule has 2 fully saturated rings. The van der Waals surface area contributed by atoms with Crippen LogP contribution in [0.4, 0.5) is 10.5 Å². The van der Waals surface area contributed by atoms with Gasteiger partial charge in [0, 0.05) is 38.4 Å². The van der Waals surface area contributed by atoms with E-state index in [2.05, 4.69) is 15.4 Å². The Kier molecular flexibility index (Phi) is 3.65. The Hall–Kier alpha value is -2.19. The third kappa shape index (κ3) is 2.61. The minimum absolute atomic E-state index is 0.120. The maximum atomic E-state index is 12.5. The summed E-state index contributed by atoms with van der Waals surface area (Å²) >= 11 is 0. The number of nitrogens with zero attached hydrogens (tertiary/aromatic N) is 4. The molecule has 0 aromatic carbocycles. The van der Waals surface area contributed by atoms with Gasteiger partial charge in [-0.2, -0.15) is 5.10 Å². The van der Waals surface area contributed by atoms with Gasteiger partial charge in [-0.25, -0.2) is 9.78 Å². The van der Waals surface area contributed by atoms with E-state index in [0.717, 1.165) is 16.7 Å². The monoisotopic (exact) mass is 331 g/mol. The molecule has 128 valence electrons. The average molecular weight is 331 g/mol. The molecule has 0 atom stereocenters. The van der Waals surface area contributed by atoms with Crippen molar-refractivity contribution >= 4 is 22.8 Å². The number of carbonyl (C=O) groups excluding carboxylic acids is 1. The number of anilines is 1. The van der Waals surface area contributed by atoms with Gasteiger partial charge in [0.15, 0.2) is 11.4 Å². The highest BCUT2D eigenvalue weighted by molar-refractivity contribution is 5.92. The molecule has 2 saturated heterocycles. The van der Waals surface area contributed by atoms with E-state index in [0.29, 0.717) is 44.8 Å². The summed E-state index contributed by atoms with van der Waals surface area (Å²) in [6.45, 7) is 4.45. The van der Waals surface area contributed by atoms with Crippen molar-refractivity contribution < 1.29 is 14.3 Å². The molecule has 2 amide bonds. The Morgan fingerprint density at radius 1 is 1.29 bits per heavy atom. The fourth-order valence-corrected chi connectivity index (χ4v) is 3.41. The van der Waals surface area contributed by atoms with Crippen molar-refractivity contribution in [1.82, 2.24) is 19.7 Å². The Balaban J connectivity index is 1.44. The number of likely N-dealkylation sites (tertiary alicyclic amines) is 1. The number of amides is 2. The van der Waals surface area contributed by atoms with Gasteiger partial charge in [-0.3, -0.25) is 4.68 Å². The Morgan fingerprint density at radius 3 is 2.71 bits per heavy atom. The molecule has 24 heavy (non-hydrogen) atoms. The smallest absolute Gasteiger partial charge is 0.321 e. The molecule has 1 spiro atoms. The number of piperidine rings is 1. The number of pyridine rings is 1. The molecular weight excluding hydrogens is 310 g/mol. The molecule has 2 aromatic rings. The maximum Gasteiger partial charge on any atom is 0.321 e. The van der Waals surface area contributed by atoms with E-state index >= 15 is 0 Å². The molecule has 0 radical (unpaired) electrons. The first kappa shape index (κ1) is 15.3. The topological polar surface area (TPSA) is 81.5 Å². The third-order valence-electron chi connectivity index (χ3n) is 4.74. The van der Waals surface area contributed by atoms with Crippen LogP contribution in [-0.2, 0) is 16.5 Å². The van der Waals surface area contributed by atoms with Crippen LogP contribution in [0.3, 0.4) is 0 Å². The fraction of sp³-hybridized carbons (Fsp3) is 0.562. The number of carbonyl (C=O) groups is 1. The predicted octanol–water partition coefficient (Wildman–Crippen LogP) is 1.65. The number of aryl methyl sites for hydroxylation is 2. The summed E-state index contributed by atoms with van der Waals surface area (Å²) in [7, 11) is 1.86. The van der Waals surface area contributed by atoms with E-state index in [1.807, 2.05) is 20.0 Å². The second-order valence-corrected chi connectivity index (χ2v) is 6.33. The number of hydrogen-bond donors (Lipinski definition) is 1. The molecule has 0 saturated carbocycles. The molecule has 1 N–H and O–H groups in total. The Bertz CT molecular complexity index is 771. The molecular formula is C16H21N5O3. The van der Waals surface area contributed by atoms with Gasteiger partial charge in [-0.15, -0.1) is 0 Å². The third-order valence-corrected chi connectivity index (χ3v) is 4.74. The highest BCUT2D eigenvalue weighted by Crippen LogP contribution is 2.31. The lowest BCUT2D eigenvalue weighted by Crippen LogP contribution is -2.48. The van der Waals surface area contributed by atoms with Gasteiger partial charge in [0.25, 0.3) is 0 Å². The van der Waals surface area contributed by atoms with Crippen LogP contribution >= 0.6 is 0 Å². The summed E-state index contributed by atoms with van der Waals surface area (Å²) in [6, 6.07) is 1.79. The molecule has 0 unspecified atom stereocenters. The van der Waals surface area contributed by atoms with Crippen molar-refractivity contribution in [2.75, 3.05) is 31.6 Å². The van der Waals surface area contributed by atoms with Gasteiger partial charge < -0.3 is 19.7 Å². The number of urea groups is 1. The molecule has 4 heterocycles. The van der Waals surface area contributed by atoms with Gasteiger partial charge in [-0.05, 0) is 13.0 Å². The molecule has 2 aromatic heterocycles. The summed E-state index contributed by atoms with van der Waals surface area (Å²) in [5.41, 5.74) is 2.38. The molecule has 0 aliphatic carbocycles. The summed E-state index contributed by atoms with van der Waals surface area (Å²) in [6.07, 6.45) is 3.08. The van der Waals surface area contributed by atoms with E-state index in [9.17, 15) is 4.79 Å². The summed E-state index contributed by atoms with van der Waals surface area (Å²) in [5, 5.41) is 8.21. The zero-order valence-electron chi connectivity index (χ0n) is 13.9. The lowest BCUT2D eigenvalue weighted by atomic mass is 10.0. The molecule has 0 bridgehead atoms. The fourth-order valence-electron chi connectivity index (χ4n) is 3.41. The second kappa shape index (κ2) is 5.71. The summed E-state index contributed by atoms with van der Waals surface area (Å²) in [5.74, 6) is -0.468. The van der Waals surface area contributed by atoms with Crippen LogP contribution < -0.4 is 5.32 Å². The van der Waals surface area contributed by atoms with E-state index in [4.69, 9.17) is 9.47 Å². The lowest BCUT2D eigenvalue weighted by molar-refractivity contribution is -0.181. The number of aromatic nitrogens is 3. The quantitative estimate of drug-likeness (QED) is 0.859. The van der Waals surface area contributed by atoms with Gasteiger partial charge in [0.1, 0.15) is 0 Å². The van der Waals surface area contributed by atoms with Crippen molar-refractivity contribution in [3.8, 4) is 0 Å². The van der Waals surface area contributed by atoms with Crippen LogP contribution in [0.5, 0.6) is 0 Å². The van der Waals surface area contributed by atoms with Crippen LogP contribution in [-0.4, -0.2) is 57.8 Å². The van der Waals surface area contributed by atoms with E-state index in [1.54, 1.807) is 15.8 Å². The maximum absolute atomic E-state index is 12.5. The first-order chi connectivity index (χ1) is 11.6. The van der Waals surface area contributed by atoms with Crippen LogP contribution in [0.25, 0.3) is 11.0 Å². The predicted molar refractivity (Wildman–Crippen MR) is 87.7 cm³/mol. The zero-order valence-corrected chi connectivity index (χ0v) is 13.9. The van der Waals surface area contributed by atoms with Crippen LogP contribution in [0.2, 0.25) is 0 Å². The minimum Gasteiger partial charge on any atom is -0.347 e. The molecule has 2 aliphatic rings. The van der Waals surface area contributed by atoms with Gasteiger partial charge in [0.05, 0.1) is 30.8 Å². The zero-order chi connectivity index (χ0) is 16.7. The highest BCUT2D eigenvalue weighted by atomic mass is 16.7. The molecule has 8 heteroatoms. The minimum atomic E-state index is -0.468. The SMILES string of the molecule is Cc1nn(C)c2ncc(NC(=O)N3CCC4(CC3)OCCO4)cc12. The molecule has 4 rings (SSSR count). The number of fused-ring (bicyclic) bond motifs is 1. The standard InChI is InChI=1S/C16H21N5O3/c1-11-13-9-12(10-17-14(13)20(2)19-11)18-15(22)21-5-3-16(4-6-21)23-7-8-24-16/h9-10H,3-8H2,1-2H3,(H,18,22). The number of ether oxygens (including phenoxy) is 2. The van der Waals surface area contributed by atoms with E-state index in [-0.39, 0.29) is 6.03 Å². The van der Waals surface area contributed by atoms with Crippen LogP contribution in [0, 0.1) is 6.92 Å². The number of hydrogen-bond acceptors (Lipinski definition) is 5. The summed E-state index contributed by atoms with van der Waals surface area (Å²) in [4.78, 5) is 18.7. The first-order valence-corrected chi connectivity index (χ1v) is 8.20. The van der Waals surface area contributed by atoms with E-state index in [1.165, 1.54) is 0 Å². The van der Waals surface area contributed by atoms with Crippen LogP contribution in [0.15, 0.2) is 12.3 Å². The number of rotatable bonds is 1. The average Bonchev–Trinajstić information content (AvgIpc) is 3.13. The van der Waals surface area contributed by atoms with E-state index < -0.39 is 5.79 Å². The summed E-state index contributed by atoms with van der Waals surface area (Å²) < 4.78 is 13.1. The highest BCUT2D eigenvalue weighted by Gasteiger charge is 2.40. The van der Waals surface area contributed by atoms with Gasteiger partial charge in [-0.1, -0.05) is 0 Å². The van der Waals surface area contributed by atoms with Crippen LogP contribution in [0.1, 0.15) is 18.5 Å². The van der Waals surface area contributed by atoms with Crippen molar-refractivity contribution in [3.63, 3.8) is 0 Å². The second-order valence-electron chi connectivity index (χ2n) is 6.33. The first-order valence-electron chi connectivity index (χ1n) is 8.20. The van der Waals surface area contributed by atoms with Crippen molar-refractivity contribution in [3.05, 3.63) is 18.0 Å². The van der Waals surface area contributed by atoms with Gasteiger partial charge in [0.2, 0.25) is 0 Å². The van der Waals surface area contributed by atoms with Gasteiger partial charge >= 0.3 is 6.03 Å².